The number of hydrogen-bond acceptors (Lipinski definition) is 9. The summed E-state index contributed by atoms with van der Waals surface area (Å²) in [5.74, 6) is 0.807. The molecule has 1 aliphatic heterocycles. The molecule has 3 aromatic carbocycles. The molecule has 3 aromatic rings. The summed E-state index contributed by atoms with van der Waals surface area (Å²) < 4.78 is 6.03. The maximum absolute atomic E-state index is 14.3. The van der Waals surface area contributed by atoms with Crippen LogP contribution >= 0.6 is 0 Å². The molecule has 55 heavy (non-hydrogen) atoms. The SMILES string of the molecule is COc1c(CN2O[C@@H](CO)[C@H]([C@H](C)O)C2C(=O)N[C@H]2C[C@H]3C[C@@H]([C@@H]2C)C3(C)C)cccc1-c1cc(CO)cc(C(=O)N[C@@H](Cc2ccccc2)CN(C)C)c1. The molecule has 0 radical (unpaired) electrons. The van der Waals surface area contributed by atoms with Gasteiger partial charge in [-0.2, -0.15) is 5.06 Å². The van der Waals surface area contributed by atoms with E-state index in [0.717, 1.165) is 12.0 Å². The number of hydroxylamine groups is 2. The zero-order valence-corrected chi connectivity index (χ0v) is 33.4. The number of ether oxygens (including phenoxy) is 1. The lowest BCUT2D eigenvalue weighted by molar-refractivity contribution is -0.183. The van der Waals surface area contributed by atoms with Crippen molar-refractivity contribution in [3.05, 3.63) is 89.0 Å². The maximum atomic E-state index is 14.3. The van der Waals surface area contributed by atoms with Gasteiger partial charge in [0.05, 0.1) is 33.0 Å². The predicted octanol–water partition coefficient (Wildman–Crippen LogP) is 4.42. The minimum atomic E-state index is -0.918. The van der Waals surface area contributed by atoms with Gasteiger partial charge < -0.3 is 35.6 Å². The Hall–Kier alpha value is -3.84. The van der Waals surface area contributed by atoms with E-state index in [1.807, 2.05) is 61.5 Å². The molecular formula is C44H60N4O7. The third-order valence-corrected chi connectivity index (χ3v) is 12.7. The lowest BCUT2D eigenvalue weighted by Crippen LogP contribution is -2.62. The number of benzene rings is 3. The zero-order valence-electron chi connectivity index (χ0n) is 33.4. The number of amides is 2. The Morgan fingerprint density at radius 2 is 1.78 bits per heavy atom. The van der Waals surface area contributed by atoms with Crippen molar-refractivity contribution in [3.8, 4) is 16.9 Å². The van der Waals surface area contributed by atoms with Gasteiger partial charge in [0.15, 0.2) is 0 Å². The lowest BCUT2D eigenvalue weighted by atomic mass is 9.45. The summed E-state index contributed by atoms with van der Waals surface area (Å²) >= 11 is 0. The average Bonchev–Trinajstić information content (AvgIpc) is 3.53. The van der Waals surface area contributed by atoms with Gasteiger partial charge >= 0.3 is 0 Å². The van der Waals surface area contributed by atoms with Gasteiger partial charge in [0.25, 0.3) is 5.91 Å². The Morgan fingerprint density at radius 1 is 1.04 bits per heavy atom. The molecule has 298 valence electrons. The fourth-order valence-corrected chi connectivity index (χ4v) is 9.67. The van der Waals surface area contributed by atoms with E-state index in [-0.39, 0.29) is 49.1 Å². The molecular weight excluding hydrogens is 697 g/mol. The summed E-state index contributed by atoms with van der Waals surface area (Å²) in [5, 5.41) is 39.7. The monoisotopic (exact) mass is 756 g/mol. The number of hydrogen-bond donors (Lipinski definition) is 5. The number of rotatable bonds is 15. The summed E-state index contributed by atoms with van der Waals surface area (Å²) in [4.78, 5) is 36.4. The van der Waals surface area contributed by atoms with E-state index in [9.17, 15) is 24.9 Å². The highest BCUT2D eigenvalue weighted by atomic mass is 16.7. The second-order valence-corrected chi connectivity index (χ2v) is 16.9. The Morgan fingerprint density at radius 3 is 2.40 bits per heavy atom. The molecule has 1 unspecified atom stereocenters. The second kappa shape index (κ2) is 17.1. The fraction of sp³-hybridized carbons (Fsp3) is 0.545. The summed E-state index contributed by atoms with van der Waals surface area (Å²) in [6.07, 6.45) is 1.08. The third-order valence-electron chi connectivity index (χ3n) is 12.7. The minimum Gasteiger partial charge on any atom is -0.496 e. The van der Waals surface area contributed by atoms with E-state index in [1.54, 1.807) is 31.2 Å². The smallest absolute Gasteiger partial charge is 0.251 e. The van der Waals surface area contributed by atoms with Gasteiger partial charge in [0, 0.05) is 41.2 Å². The number of carbonyl (C=O) groups is 2. The third kappa shape index (κ3) is 8.62. The average molecular weight is 757 g/mol. The molecule has 4 aliphatic rings. The van der Waals surface area contributed by atoms with Crippen molar-refractivity contribution in [1.29, 1.82) is 0 Å². The lowest BCUT2D eigenvalue weighted by Gasteiger charge is -2.62. The molecule has 11 heteroatoms. The van der Waals surface area contributed by atoms with Crippen molar-refractivity contribution in [2.45, 2.75) is 90.4 Å². The van der Waals surface area contributed by atoms with Crippen molar-refractivity contribution < 1.29 is 34.5 Å². The van der Waals surface area contributed by atoms with E-state index >= 15 is 0 Å². The van der Waals surface area contributed by atoms with Crippen LogP contribution in [0.15, 0.2) is 66.7 Å². The maximum Gasteiger partial charge on any atom is 0.251 e. The van der Waals surface area contributed by atoms with Gasteiger partial charge in [-0.25, -0.2) is 0 Å². The number of nitrogens with one attached hydrogen (secondary N) is 2. The standard InChI is InChI=1S/C44H60N4O7/c1-26-36-20-33(44(36,3)4)21-37(26)46-43(53)40-39(27(2)51)38(25-50)55-48(40)22-30-14-11-15-35(41(30)54-7)31-16-29(24-49)17-32(19-31)42(52)45-34(23-47(5)6)18-28-12-9-8-10-13-28/h8-17,19,26-27,33-34,36-40,49-51H,18,20-25H2,1-7H3,(H,45,52)(H,46,53)/t26-,27-,33+,34-,36-,37-,38-,39-,40?/m0/s1. The van der Waals surface area contributed by atoms with E-state index in [4.69, 9.17) is 9.57 Å². The molecule has 11 nitrogen and oxygen atoms in total. The summed E-state index contributed by atoms with van der Waals surface area (Å²) in [7, 11) is 5.52. The molecule has 1 heterocycles. The Labute approximate surface area is 326 Å². The predicted molar refractivity (Wildman–Crippen MR) is 212 cm³/mol. The van der Waals surface area contributed by atoms with Crippen LogP contribution in [0.1, 0.15) is 67.6 Å². The van der Waals surface area contributed by atoms with E-state index in [0.29, 0.717) is 64.3 Å². The number of nitrogens with zero attached hydrogens (tertiary/aromatic N) is 2. The Balaban J connectivity index is 1.26. The number of methoxy groups -OCH3 is 1. The second-order valence-electron chi connectivity index (χ2n) is 16.9. The van der Waals surface area contributed by atoms with Gasteiger partial charge in [-0.1, -0.05) is 69.3 Å². The summed E-state index contributed by atoms with van der Waals surface area (Å²) in [5.41, 5.74) is 4.47. The minimum absolute atomic E-state index is 0.0218. The number of fused-ring (bicyclic) bond motifs is 2. The molecule has 2 bridgehead atoms. The van der Waals surface area contributed by atoms with Gasteiger partial charge in [-0.15, -0.1) is 0 Å². The molecule has 3 saturated carbocycles. The number of carbonyl (C=O) groups excluding carboxylic acids is 2. The quantitative estimate of drug-likeness (QED) is 0.152. The van der Waals surface area contributed by atoms with Crippen molar-refractivity contribution >= 4 is 11.8 Å². The van der Waals surface area contributed by atoms with E-state index in [2.05, 4.69) is 43.5 Å². The van der Waals surface area contributed by atoms with Crippen LogP contribution in [0.5, 0.6) is 5.75 Å². The number of para-hydroxylation sites is 1. The van der Waals surface area contributed by atoms with Crippen LogP contribution in [-0.4, -0.2) is 102 Å². The molecule has 1 saturated heterocycles. The van der Waals surface area contributed by atoms with Crippen molar-refractivity contribution in [3.63, 3.8) is 0 Å². The molecule has 5 N–H and O–H groups in total. The number of aliphatic hydroxyl groups is 3. The first-order valence-electron chi connectivity index (χ1n) is 19.7. The zero-order chi connectivity index (χ0) is 39.6. The van der Waals surface area contributed by atoms with Crippen molar-refractivity contribution in [2.75, 3.05) is 34.4 Å². The largest absolute Gasteiger partial charge is 0.496 e. The molecule has 4 fully saturated rings. The van der Waals surface area contributed by atoms with Crippen LogP contribution in [0.25, 0.3) is 11.1 Å². The van der Waals surface area contributed by atoms with Gasteiger partial charge in [0.2, 0.25) is 5.91 Å². The van der Waals surface area contributed by atoms with Crippen LogP contribution in [0.4, 0.5) is 0 Å². The molecule has 2 amide bonds. The van der Waals surface area contributed by atoms with Crippen LogP contribution < -0.4 is 15.4 Å². The van der Waals surface area contributed by atoms with Crippen LogP contribution in [-0.2, 0) is 29.2 Å². The number of aliphatic hydroxyl groups excluding tert-OH is 3. The van der Waals surface area contributed by atoms with Crippen LogP contribution in [0.3, 0.4) is 0 Å². The van der Waals surface area contributed by atoms with Gasteiger partial charge in [0.1, 0.15) is 17.9 Å². The molecule has 3 aliphatic carbocycles. The molecule has 0 aromatic heterocycles. The van der Waals surface area contributed by atoms with Crippen LogP contribution in [0, 0.1) is 29.1 Å². The highest BCUT2D eigenvalue weighted by molar-refractivity contribution is 5.96. The first kappa shape index (κ1) is 40.8. The fourth-order valence-electron chi connectivity index (χ4n) is 9.67. The van der Waals surface area contributed by atoms with E-state index in [1.165, 1.54) is 6.42 Å². The van der Waals surface area contributed by atoms with Crippen molar-refractivity contribution in [2.24, 2.45) is 29.1 Å². The first-order valence-corrected chi connectivity index (χ1v) is 19.7. The highest BCUT2D eigenvalue weighted by Crippen LogP contribution is 2.61. The Bertz CT molecular complexity index is 1800. The van der Waals surface area contributed by atoms with E-state index < -0.39 is 24.2 Å². The van der Waals surface area contributed by atoms with Crippen LogP contribution in [0.2, 0.25) is 0 Å². The first-order chi connectivity index (χ1) is 26.2. The van der Waals surface area contributed by atoms with Gasteiger partial charge in [-0.3, -0.25) is 14.4 Å². The normalized spacial score (nSPS) is 26.9. The summed E-state index contributed by atoms with van der Waals surface area (Å²) in [6.45, 7) is 8.67. The number of likely N-dealkylation sites (N-methyl/N-ethyl adjacent to an activating group) is 1. The molecule has 0 spiro atoms. The van der Waals surface area contributed by atoms with Crippen molar-refractivity contribution in [1.82, 2.24) is 20.6 Å². The molecule has 9 atom stereocenters. The Kier molecular flexibility index (Phi) is 12.7. The highest BCUT2D eigenvalue weighted by Gasteiger charge is 2.57. The topological polar surface area (TPSA) is 144 Å². The summed E-state index contributed by atoms with van der Waals surface area (Å²) in [6, 6.07) is 20.1. The molecule has 7 rings (SSSR count). The van der Waals surface area contributed by atoms with Gasteiger partial charge in [-0.05, 0) is 98.3 Å².